The van der Waals surface area contributed by atoms with E-state index >= 15 is 0 Å². The summed E-state index contributed by atoms with van der Waals surface area (Å²) in [6.45, 7) is 2.01. The smallest absolute Gasteiger partial charge is 0.315 e. The SMILES string of the molecule is CCOC(=O)CS[C@H](NC(=O)c1ccc(Cl)cc1)C(Cl)Cl. The predicted molar refractivity (Wildman–Crippen MR) is 87.3 cm³/mol. The number of carbonyl (C=O) groups excluding carboxylic acids is 2. The third-order valence-electron chi connectivity index (χ3n) is 2.29. The monoisotopic (exact) mass is 369 g/mol. The Morgan fingerprint density at radius 3 is 2.43 bits per heavy atom. The zero-order valence-corrected chi connectivity index (χ0v) is 14.2. The highest BCUT2D eigenvalue weighted by Crippen LogP contribution is 2.21. The van der Waals surface area contributed by atoms with E-state index in [-0.39, 0.29) is 17.6 Å². The summed E-state index contributed by atoms with van der Waals surface area (Å²) < 4.78 is 4.80. The van der Waals surface area contributed by atoms with Gasteiger partial charge < -0.3 is 10.1 Å². The lowest BCUT2D eigenvalue weighted by molar-refractivity contribution is -0.139. The molecule has 0 radical (unpaired) electrons. The number of benzene rings is 1. The fourth-order valence-corrected chi connectivity index (χ4v) is 2.77. The first kappa shape index (κ1) is 18.4. The van der Waals surface area contributed by atoms with Gasteiger partial charge in [0, 0.05) is 10.6 Å². The maximum absolute atomic E-state index is 12.0. The molecular formula is C13H14Cl3NO3S. The summed E-state index contributed by atoms with van der Waals surface area (Å²) in [5.74, 6) is -0.684. The maximum atomic E-state index is 12.0. The van der Waals surface area contributed by atoms with Crippen LogP contribution in [0.15, 0.2) is 24.3 Å². The van der Waals surface area contributed by atoms with Crippen molar-refractivity contribution in [2.24, 2.45) is 0 Å². The number of rotatable bonds is 7. The summed E-state index contributed by atoms with van der Waals surface area (Å²) in [7, 11) is 0. The molecular weight excluding hydrogens is 357 g/mol. The minimum Gasteiger partial charge on any atom is -0.465 e. The topological polar surface area (TPSA) is 55.4 Å². The van der Waals surface area contributed by atoms with Crippen LogP contribution in [0.1, 0.15) is 17.3 Å². The number of hydrogen-bond acceptors (Lipinski definition) is 4. The average molecular weight is 371 g/mol. The van der Waals surface area contributed by atoms with Crippen LogP contribution in [0.5, 0.6) is 0 Å². The zero-order valence-electron chi connectivity index (χ0n) is 11.1. The molecule has 1 N–H and O–H groups in total. The van der Waals surface area contributed by atoms with Crippen LogP contribution in [0.4, 0.5) is 0 Å². The number of carbonyl (C=O) groups is 2. The Balaban J connectivity index is 2.59. The van der Waals surface area contributed by atoms with Crippen molar-refractivity contribution in [1.29, 1.82) is 0 Å². The van der Waals surface area contributed by atoms with Crippen molar-refractivity contribution in [1.82, 2.24) is 5.32 Å². The highest BCUT2D eigenvalue weighted by Gasteiger charge is 2.22. The maximum Gasteiger partial charge on any atom is 0.315 e. The van der Waals surface area contributed by atoms with Crippen LogP contribution in [0.2, 0.25) is 5.02 Å². The van der Waals surface area contributed by atoms with Crippen molar-refractivity contribution < 1.29 is 14.3 Å². The van der Waals surface area contributed by atoms with Gasteiger partial charge in [-0.25, -0.2) is 0 Å². The van der Waals surface area contributed by atoms with E-state index < -0.39 is 10.2 Å². The molecule has 1 aromatic carbocycles. The lowest BCUT2D eigenvalue weighted by atomic mass is 10.2. The van der Waals surface area contributed by atoms with Gasteiger partial charge in [-0.2, -0.15) is 0 Å². The molecule has 21 heavy (non-hydrogen) atoms. The average Bonchev–Trinajstić information content (AvgIpc) is 2.43. The number of nitrogens with one attached hydrogen (secondary N) is 1. The first-order valence-electron chi connectivity index (χ1n) is 6.05. The molecule has 1 atom stereocenters. The highest BCUT2D eigenvalue weighted by molar-refractivity contribution is 8.00. The van der Waals surface area contributed by atoms with Crippen LogP contribution in [-0.4, -0.2) is 34.4 Å². The van der Waals surface area contributed by atoms with Gasteiger partial charge in [0.05, 0.1) is 12.4 Å². The third kappa shape index (κ3) is 6.78. The molecule has 0 heterocycles. The zero-order chi connectivity index (χ0) is 15.8. The minimum absolute atomic E-state index is 0.0509. The van der Waals surface area contributed by atoms with E-state index in [0.29, 0.717) is 17.2 Å². The molecule has 0 bridgehead atoms. The van der Waals surface area contributed by atoms with E-state index in [1.165, 1.54) is 0 Å². The summed E-state index contributed by atoms with van der Waals surface area (Å²) >= 11 is 18.5. The predicted octanol–water partition coefficient (Wildman–Crippen LogP) is 3.50. The third-order valence-corrected chi connectivity index (χ3v) is 4.50. The molecule has 1 rings (SSSR count). The van der Waals surface area contributed by atoms with Crippen LogP contribution in [0.3, 0.4) is 0 Å². The number of ether oxygens (including phenoxy) is 1. The Morgan fingerprint density at radius 1 is 1.29 bits per heavy atom. The number of hydrogen-bond donors (Lipinski definition) is 1. The van der Waals surface area contributed by atoms with Crippen molar-refractivity contribution in [2.75, 3.05) is 12.4 Å². The second-order valence-electron chi connectivity index (χ2n) is 3.85. The molecule has 0 unspecified atom stereocenters. The van der Waals surface area contributed by atoms with E-state index in [0.717, 1.165) is 11.8 Å². The molecule has 116 valence electrons. The van der Waals surface area contributed by atoms with Crippen molar-refractivity contribution in [2.45, 2.75) is 17.1 Å². The van der Waals surface area contributed by atoms with Crippen LogP contribution in [0.25, 0.3) is 0 Å². The summed E-state index contributed by atoms with van der Waals surface area (Å²) in [6, 6.07) is 6.39. The second kappa shape index (κ2) is 9.41. The van der Waals surface area contributed by atoms with Gasteiger partial charge in [0.25, 0.3) is 5.91 Å². The fraction of sp³-hybridized carbons (Fsp3) is 0.385. The number of esters is 1. The van der Waals surface area contributed by atoms with E-state index in [1.807, 2.05) is 0 Å². The largest absolute Gasteiger partial charge is 0.465 e. The Bertz CT molecular complexity index is 482. The van der Waals surface area contributed by atoms with Crippen molar-refractivity contribution in [3.8, 4) is 0 Å². The number of thioether (sulfide) groups is 1. The van der Waals surface area contributed by atoms with Crippen LogP contribution >= 0.6 is 46.6 Å². The standard InChI is InChI=1S/C13H14Cl3NO3S/c1-2-20-10(18)7-21-13(11(15)16)17-12(19)8-3-5-9(14)6-4-8/h3-6,11,13H,2,7H2,1H3,(H,17,19)/t13-/m0/s1. The minimum atomic E-state index is -0.860. The normalized spacial score (nSPS) is 12.0. The molecule has 0 aliphatic rings. The van der Waals surface area contributed by atoms with Gasteiger partial charge >= 0.3 is 5.97 Å². The van der Waals surface area contributed by atoms with Crippen LogP contribution in [-0.2, 0) is 9.53 Å². The molecule has 0 spiro atoms. The van der Waals surface area contributed by atoms with Gasteiger partial charge in [0.15, 0.2) is 0 Å². The summed E-state index contributed by atoms with van der Waals surface area (Å²) in [5.41, 5.74) is 0.426. The van der Waals surface area contributed by atoms with Gasteiger partial charge in [0.2, 0.25) is 0 Å². The summed E-state index contributed by atoms with van der Waals surface area (Å²) in [6.07, 6.45) is 0. The van der Waals surface area contributed by atoms with E-state index in [1.54, 1.807) is 31.2 Å². The number of alkyl halides is 2. The summed E-state index contributed by atoms with van der Waals surface area (Å²) in [4.78, 5) is 22.5. The molecule has 0 saturated carbocycles. The Kier molecular flexibility index (Phi) is 8.26. The molecule has 1 amide bonds. The number of halogens is 3. The molecule has 1 aromatic rings. The van der Waals surface area contributed by atoms with E-state index in [2.05, 4.69) is 5.32 Å². The summed E-state index contributed by atoms with van der Waals surface area (Å²) in [5, 5.41) is 2.57. The first-order chi connectivity index (χ1) is 9.93. The molecule has 0 fully saturated rings. The van der Waals surface area contributed by atoms with Crippen molar-refractivity contribution in [3.05, 3.63) is 34.9 Å². The quantitative estimate of drug-likeness (QED) is 0.453. The lowest BCUT2D eigenvalue weighted by Crippen LogP contribution is -2.37. The van der Waals surface area contributed by atoms with Crippen molar-refractivity contribution >= 4 is 58.4 Å². The second-order valence-corrected chi connectivity index (χ2v) is 6.58. The van der Waals surface area contributed by atoms with Gasteiger partial charge in [-0.15, -0.1) is 35.0 Å². The molecule has 0 aromatic heterocycles. The fourth-order valence-electron chi connectivity index (χ4n) is 1.35. The Labute approximate surface area is 142 Å². The Hall–Kier alpha value is -0.620. The van der Waals surface area contributed by atoms with E-state index in [9.17, 15) is 9.59 Å². The van der Waals surface area contributed by atoms with Gasteiger partial charge in [-0.3, -0.25) is 9.59 Å². The van der Waals surface area contributed by atoms with E-state index in [4.69, 9.17) is 39.5 Å². The van der Waals surface area contributed by atoms with Gasteiger partial charge in [0.1, 0.15) is 10.2 Å². The molecule has 4 nitrogen and oxygen atoms in total. The van der Waals surface area contributed by atoms with Crippen LogP contribution < -0.4 is 5.32 Å². The lowest BCUT2D eigenvalue weighted by Gasteiger charge is -2.18. The van der Waals surface area contributed by atoms with Crippen molar-refractivity contribution in [3.63, 3.8) is 0 Å². The highest BCUT2D eigenvalue weighted by atomic mass is 35.5. The molecule has 8 heteroatoms. The van der Waals surface area contributed by atoms with Gasteiger partial charge in [-0.05, 0) is 31.2 Å². The van der Waals surface area contributed by atoms with Crippen LogP contribution in [0, 0.1) is 0 Å². The first-order valence-corrected chi connectivity index (χ1v) is 8.35. The Morgan fingerprint density at radius 2 is 1.90 bits per heavy atom. The van der Waals surface area contributed by atoms with Gasteiger partial charge in [-0.1, -0.05) is 11.6 Å². The number of amides is 1. The molecule has 0 aliphatic carbocycles. The molecule has 0 saturated heterocycles. The molecule has 0 aliphatic heterocycles.